The third-order valence-electron chi connectivity index (χ3n) is 4.13. The molecule has 3 heterocycles. The van der Waals surface area contributed by atoms with Crippen LogP contribution < -0.4 is 0 Å². The number of imidazole rings is 1. The lowest BCUT2D eigenvalue weighted by atomic mass is 10.2. The van der Waals surface area contributed by atoms with Crippen molar-refractivity contribution < 1.29 is 9.53 Å². The minimum Gasteiger partial charge on any atom is -0.367 e. The van der Waals surface area contributed by atoms with E-state index in [-0.39, 0.29) is 17.9 Å². The maximum absolute atomic E-state index is 12.4. The summed E-state index contributed by atoms with van der Waals surface area (Å²) in [6, 6.07) is 0. The van der Waals surface area contributed by atoms with Crippen molar-refractivity contribution in [2.75, 3.05) is 19.7 Å². The van der Waals surface area contributed by atoms with Crippen LogP contribution in [0.4, 0.5) is 0 Å². The quantitative estimate of drug-likeness (QED) is 0.866. The summed E-state index contributed by atoms with van der Waals surface area (Å²) >= 11 is 0. The van der Waals surface area contributed by atoms with Gasteiger partial charge in [0.2, 0.25) is 5.91 Å². The van der Waals surface area contributed by atoms with Gasteiger partial charge in [-0.05, 0) is 6.42 Å². The summed E-state index contributed by atoms with van der Waals surface area (Å²) in [6.45, 7) is 6.58. The van der Waals surface area contributed by atoms with Crippen LogP contribution in [0.1, 0.15) is 50.4 Å². The van der Waals surface area contributed by atoms with Crippen LogP contribution in [0.5, 0.6) is 0 Å². The second-order valence-electron chi connectivity index (χ2n) is 6.34. The average Bonchev–Trinajstić information content (AvgIpc) is 3.26. The van der Waals surface area contributed by atoms with Gasteiger partial charge in [0.05, 0.1) is 19.5 Å². The molecule has 1 amide bonds. The first-order valence-corrected chi connectivity index (χ1v) is 8.41. The number of aromatic amines is 1. The fourth-order valence-corrected chi connectivity index (χ4v) is 2.72. The van der Waals surface area contributed by atoms with E-state index >= 15 is 0 Å². The van der Waals surface area contributed by atoms with Gasteiger partial charge in [0.1, 0.15) is 6.10 Å². The van der Waals surface area contributed by atoms with Crippen molar-refractivity contribution in [2.24, 2.45) is 0 Å². The minimum atomic E-state index is -0.226. The molecule has 8 nitrogen and oxygen atoms in total. The Labute approximate surface area is 141 Å². The smallest absolute Gasteiger partial charge is 0.222 e. The number of hydrogen-bond donors (Lipinski definition) is 1. The number of nitrogens with one attached hydrogen (secondary N) is 1. The number of nitrogens with zero attached hydrogens (tertiary/aromatic N) is 5. The summed E-state index contributed by atoms with van der Waals surface area (Å²) in [5.41, 5.74) is 0. The Morgan fingerprint density at radius 1 is 1.50 bits per heavy atom. The molecular formula is C16H24N6O2. The Morgan fingerprint density at radius 3 is 3.08 bits per heavy atom. The Balaban J connectivity index is 1.51. The third-order valence-corrected chi connectivity index (χ3v) is 4.13. The number of hydrogen-bond acceptors (Lipinski definition) is 5. The molecule has 3 rings (SSSR count). The number of morpholine rings is 1. The largest absolute Gasteiger partial charge is 0.367 e. The highest BCUT2D eigenvalue weighted by molar-refractivity contribution is 5.76. The Bertz CT molecular complexity index is 651. The molecule has 1 saturated heterocycles. The molecule has 0 radical (unpaired) electrons. The van der Waals surface area contributed by atoms with E-state index in [0.29, 0.717) is 31.9 Å². The topological polar surface area (TPSA) is 88.9 Å². The molecule has 2 aromatic heterocycles. The number of carbonyl (C=O) groups is 1. The van der Waals surface area contributed by atoms with Crippen LogP contribution in [0.3, 0.4) is 0 Å². The van der Waals surface area contributed by atoms with Crippen molar-refractivity contribution in [2.45, 2.75) is 45.3 Å². The predicted molar refractivity (Wildman–Crippen MR) is 87.2 cm³/mol. The molecule has 0 bridgehead atoms. The van der Waals surface area contributed by atoms with Gasteiger partial charge in [-0.2, -0.15) is 5.10 Å². The van der Waals surface area contributed by atoms with E-state index in [9.17, 15) is 4.79 Å². The zero-order valence-electron chi connectivity index (χ0n) is 14.2. The first-order valence-electron chi connectivity index (χ1n) is 8.41. The lowest BCUT2D eigenvalue weighted by molar-refractivity contribution is -0.139. The van der Waals surface area contributed by atoms with Gasteiger partial charge in [0.25, 0.3) is 0 Å². The van der Waals surface area contributed by atoms with E-state index in [2.05, 4.69) is 20.2 Å². The fourth-order valence-electron chi connectivity index (χ4n) is 2.72. The maximum atomic E-state index is 12.4. The van der Waals surface area contributed by atoms with Crippen molar-refractivity contribution in [3.63, 3.8) is 0 Å². The molecule has 0 aromatic carbocycles. The van der Waals surface area contributed by atoms with Gasteiger partial charge in [-0.15, -0.1) is 0 Å². The number of amides is 1. The monoisotopic (exact) mass is 332 g/mol. The van der Waals surface area contributed by atoms with Gasteiger partial charge in [-0.3, -0.25) is 9.89 Å². The number of carbonyl (C=O) groups excluding carboxylic acids is 1. The van der Waals surface area contributed by atoms with E-state index in [1.165, 1.54) is 0 Å². The second kappa shape index (κ2) is 7.57. The molecule has 0 spiro atoms. The molecule has 1 aliphatic heterocycles. The number of ether oxygens (including phenoxy) is 1. The third kappa shape index (κ3) is 4.00. The van der Waals surface area contributed by atoms with Crippen LogP contribution in [-0.4, -0.2) is 55.2 Å². The maximum Gasteiger partial charge on any atom is 0.222 e. The minimum absolute atomic E-state index is 0.159. The molecule has 0 unspecified atom stereocenters. The molecule has 8 heteroatoms. The molecule has 0 saturated carbocycles. The van der Waals surface area contributed by atoms with E-state index < -0.39 is 0 Å². The van der Waals surface area contributed by atoms with Gasteiger partial charge in [0.15, 0.2) is 11.6 Å². The van der Waals surface area contributed by atoms with E-state index in [1.807, 2.05) is 29.5 Å². The lowest BCUT2D eigenvalue weighted by Crippen LogP contribution is -2.42. The normalized spacial score (nSPS) is 18.3. The number of aryl methyl sites for hydroxylation is 1. The summed E-state index contributed by atoms with van der Waals surface area (Å²) in [5, 5.41) is 7.15. The summed E-state index contributed by atoms with van der Waals surface area (Å²) in [5.74, 6) is 1.90. The first-order chi connectivity index (χ1) is 11.6. The van der Waals surface area contributed by atoms with E-state index in [0.717, 1.165) is 18.8 Å². The number of rotatable bonds is 6. The molecular weight excluding hydrogens is 308 g/mol. The van der Waals surface area contributed by atoms with Crippen molar-refractivity contribution >= 4 is 5.91 Å². The van der Waals surface area contributed by atoms with Gasteiger partial charge in [0, 0.05) is 37.8 Å². The Hall–Kier alpha value is -2.22. The number of H-pyrrole nitrogens is 1. The summed E-state index contributed by atoms with van der Waals surface area (Å²) in [6.07, 6.45) is 6.53. The van der Waals surface area contributed by atoms with Crippen molar-refractivity contribution in [1.82, 2.24) is 29.6 Å². The Kier molecular flexibility index (Phi) is 5.24. The molecule has 0 aliphatic carbocycles. The SMILES string of the molecule is CC(C)c1n[nH]c([C@@H]2CN(C(=O)CCCn3ccnc3)CCO2)n1. The Morgan fingerprint density at radius 2 is 2.38 bits per heavy atom. The van der Waals surface area contributed by atoms with Gasteiger partial charge in [-0.25, -0.2) is 9.97 Å². The van der Waals surface area contributed by atoms with Gasteiger partial charge in [-0.1, -0.05) is 13.8 Å². The second-order valence-corrected chi connectivity index (χ2v) is 6.34. The summed E-state index contributed by atoms with van der Waals surface area (Å²) in [7, 11) is 0. The van der Waals surface area contributed by atoms with Crippen LogP contribution in [0.25, 0.3) is 0 Å². The summed E-state index contributed by atoms with van der Waals surface area (Å²) < 4.78 is 7.74. The van der Waals surface area contributed by atoms with Crippen LogP contribution in [-0.2, 0) is 16.1 Å². The van der Waals surface area contributed by atoms with Gasteiger partial charge < -0.3 is 14.2 Å². The standard InChI is InChI=1S/C16H24N6O2/c1-12(2)15-18-16(20-19-15)13-10-22(8-9-24-13)14(23)4-3-6-21-7-5-17-11-21/h5,7,11-13H,3-4,6,8-10H2,1-2H3,(H,18,19,20)/t13-/m0/s1. The van der Waals surface area contributed by atoms with Crippen LogP contribution in [0.15, 0.2) is 18.7 Å². The molecule has 1 aliphatic rings. The number of aromatic nitrogens is 5. The van der Waals surface area contributed by atoms with Crippen molar-refractivity contribution in [3.8, 4) is 0 Å². The molecule has 24 heavy (non-hydrogen) atoms. The zero-order chi connectivity index (χ0) is 16.9. The average molecular weight is 332 g/mol. The molecule has 1 atom stereocenters. The van der Waals surface area contributed by atoms with Crippen LogP contribution in [0.2, 0.25) is 0 Å². The van der Waals surface area contributed by atoms with E-state index in [1.54, 1.807) is 12.5 Å². The summed E-state index contributed by atoms with van der Waals surface area (Å²) in [4.78, 5) is 22.8. The highest BCUT2D eigenvalue weighted by Gasteiger charge is 2.27. The van der Waals surface area contributed by atoms with Crippen LogP contribution in [0, 0.1) is 0 Å². The molecule has 1 fully saturated rings. The molecule has 1 N–H and O–H groups in total. The van der Waals surface area contributed by atoms with Crippen molar-refractivity contribution in [1.29, 1.82) is 0 Å². The van der Waals surface area contributed by atoms with E-state index in [4.69, 9.17) is 4.74 Å². The first kappa shape index (κ1) is 16.6. The fraction of sp³-hybridized carbons (Fsp3) is 0.625. The highest BCUT2D eigenvalue weighted by Crippen LogP contribution is 2.21. The van der Waals surface area contributed by atoms with Gasteiger partial charge >= 0.3 is 0 Å². The lowest BCUT2D eigenvalue weighted by Gasteiger charge is -2.32. The van der Waals surface area contributed by atoms with Crippen molar-refractivity contribution in [3.05, 3.63) is 30.4 Å². The van der Waals surface area contributed by atoms with Crippen LogP contribution >= 0.6 is 0 Å². The highest BCUT2D eigenvalue weighted by atomic mass is 16.5. The zero-order valence-corrected chi connectivity index (χ0v) is 14.2. The molecule has 2 aromatic rings. The predicted octanol–water partition coefficient (Wildman–Crippen LogP) is 1.50. The molecule has 130 valence electrons.